The van der Waals surface area contributed by atoms with Gasteiger partial charge < -0.3 is 0 Å². The molecule has 1 aromatic carbocycles. The van der Waals surface area contributed by atoms with Crippen molar-refractivity contribution in [2.24, 2.45) is 10.1 Å². The van der Waals surface area contributed by atoms with Gasteiger partial charge in [0.15, 0.2) is 4.71 Å². The maximum Gasteiger partial charge on any atom is 0.254 e. The zero-order valence-corrected chi connectivity index (χ0v) is 12.3. The molecule has 1 atom stereocenters. The van der Waals surface area contributed by atoms with Crippen LogP contribution in [0.25, 0.3) is 0 Å². The first-order valence-corrected chi connectivity index (χ1v) is 7.93. The van der Waals surface area contributed by atoms with E-state index in [9.17, 15) is 4.79 Å². The molecule has 0 radical (unpaired) electrons. The van der Waals surface area contributed by atoms with Crippen LogP contribution in [0, 0.1) is 0 Å². The van der Waals surface area contributed by atoms with Crippen LogP contribution in [-0.2, 0) is 4.79 Å². The number of fused-ring (bicyclic) bond motifs is 1. The molecule has 0 spiro atoms. The summed E-state index contributed by atoms with van der Waals surface area (Å²) in [7, 11) is 0. The minimum atomic E-state index is 0.0614. The number of amides is 1. The number of carbonyl (C=O) groups is 1. The number of benzene rings is 1. The Morgan fingerprint density at radius 1 is 1.44 bits per heavy atom. The van der Waals surface area contributed by atoms with Gasteiger partial charge in [-0.05, 0) is 29.5 Å². The summed E-state index contributed by atoms with van der Waals surface area (Å²) in [6.07, 6.45) is 1.76. The quantitative estimate of drug-likeness (QED) is 0.737. The molecular formula is C11H8BrN3OS2. The standard InChI is InChI=1S/C11H8BrN3OS2/c12-8-3-1-7(2-4-8)5-13-10-14-15-9(16)6-17-11(15)18-10/h1-5,11H,6H2/b13-5+. The summed E-state index contributed by atoms with van der Waals surface area (Å²) in [6.45, 7) is 0. The van der Waals surface area contributed by atoms with Crippen LogP contribution < -0.4 is 0 Å². The van der Waals surface area contributed by atoms with Gasteiger partial charge in [0.1, 0.15) is 0 Å². The van der Waals surface area contributed by atoms with Crippen molar-refractivity contribution in [3.05, 3.63) is 34.3 Å². The van der Waals surface area contributed by atoms with Crippen LogP contribution in [0.15, 0.2) is 38.8 Å². The van der Waals surface area contributed by atoms with Gasteiger partial charge in [0.05, 0.1) is 5.75 Å². The monoisotopic (exact) mass is 341 g/mol. The molecule has 3 rings (SSSR count). The number of amidine groups is 1. The van der Waals surface area contributed by atoms with E-state index in [0.29, 0.717) is 10.9 Å². The Morgan fingerprint density at radius 2 is 2.22 bits per heavy atom. The van der Waals surface area contributed by atoms with Gasteiger partial charge in [-0.25, -0.2) is 10.0 Å². The number of rotatable bonds is 1. The molecule has 2 aliphatic heterocycles. The highest BCUT2D eigenvalue weighted by molar-refractivity contribution is 9.10. The number of thioether (sulfide) groups is 2. The van der Waals surface area contributed by atoms with Crippen molar-refractivity contribution in [1.82, 2.24) is 5.01 Å². The van der Waals surface area contributed by atoms with Gasteiger partial charge in [-0.1, -0.05) is 28.1 Å². The minimum absolute atomic E-state index is 0.0614. The van der Waals surface area contributed by atoms with Crippen molar-refractivity contribution in [3.63, 3.8) is 0 Å². The summed E-state index contributed by atoms with van der Waals surface area (Å²) in [6, 6.07) is 7.86. The lowest BCUT2D eigenvalue weighted by molar-refractivity contribution is -0.126. The van der Waals surface area contributed by atoms with Crippen LogP contribution in [0.4, 0.5) is 0 Å². The lowest BCUT2D eigenvalue weighted by atomic mass is 10.2. The van der Waals surface area contributed by atoms with Gasteiger partial charge in [-0.2, -0.15) is 0 Å². The smallest absolute Gasteiger partial charge is 0.254 e. The summed E-state index contributed by atoms with van der Waals surface area (Å²) >= 11 is 6.49. The topological polar surface area (TPSA) is 45.0 Å². The van der Waals surface area contributed by atoms with Gasteiger partial charge in [0, 0.05) is 10.7 Å². The Bertz CT molecular complexity index is 544. The average molecular weight is 342 g/mol. The molecule has 0 saturated carbocycles. The fraction of sp³-hybridized carbons (Fsp3) is 0.182. The second-order valence-corrected chi connectivity index (χ2v) is 7.00. The number of halogens is 1. The maximum absolute atomic E-state index is 11.4. The zero-order valence-electron chi connectivity index (χ0n) is 9.12. The Labute approximate surface area is 121 Å². The lowest BCUT2D eigenvalue weighted by Crippen LogP contribution is -2.21. The molecule has 1 saturated heterocycles. The van der Waals surface area contributed by atoms with Crippen LogP contribution in [0.5, 0.6) is 0 Å². The first-order valence-electron chi connectivity index (χ1n) is 5.21. The van der Waals surface area contributed by atoms with Crippen molar-refractivity contribution in [2.75, 3.05) is 5.75 Å². The molecule has 4 nitrogen and oxygen atoms in total. The van der Waals surface area contributed by atoms with Gasteiger partial charge in [-0.15, -0.1) is 16.9 Å². The van der Waals surface area contributed by atoms with Gasteiger partial charge in [-0.3, -0.25) is 4.79 Å². The molecule has 1 unspecified atom stereocenters. The summed E-state index contributed by atoms with van der Waals surface area (Å²) in [5, 5.41) is 6.36. The third-order valence-electron chi connectivity index (χ3n) is 2.40. The van der Waals surface area contributed by atoms with Crippen LogP contribution in [0.1, 0.15) is 5.56 Å². The van der Waals surface area contributed by atoms with Gasteiger partial charge in [0.2, 0.25) is 5.17 Å². The van der Waals surface area contributed by atoms with E-state index in [1.165, 1.54) is 16.8 Å². The van der Waals surface area contributed by atoms with Gasteiger partial charge in [0.25, 0.3) is 5.91 Å². The van der Waals surface area contributed by atoms with E-state index in [2.05, 4.69) is 26.0 Å². The average Bonchev–Trinajstić information content (AvgIpc) is 2.91. The second kappa shape index (κ2) is 5.07. The van der Waals surface area contributed by atoms with E-state index >= 15 is 0 Å². The van der Waals surface area contributed by atoms with Crippen LogP contribution >= 0.6 is 39.5 Å². The first-order chi connectivity index (χ1) is 8.72. The summed E-state index contributed by atoms with van der Waals surface area (Å²) in [4.78, 5) is 15.7. The molecular weight excluding hydrogens is 334 g/mol. The van der Waals surface area contributed by atoms with Crippen molar-refractivity contribution in [3.8, 4) is 0 Å². The van der Waals surface area contributed by atoms with Crippen molar-refractivity contribution in [1.29, 1.82) is 0 Å². The number of carbonyl (C=O) groups excluding carboxylic acids is 1. The molecule has 7 heteroatoms. The fourth-order valence-electron chi connectivity index (χ4n) is 1.52. The number of nitrogens with zero attached hydrogens (tertiary/aromatic N) is 3. The van der Waals surface area contributed by atoms with Crippen LogP contribution in [-0.4, -0.2) is 32.8 Å². The SMILES string of the molecule is O=C1CSC2SC(/N=C/c3ccc(Br)cc3)=NN12. The normalized spacial score (nSPS) is 22.7. The largest absolute Gasteiger partial charge is 0.272 e. The van der Waals surface area contributed by atoms with Crippen molar-refractivity contribution in [2.45, 2.75) is 4.71 Å². The number of aliphatic imine (C=N–C) groups is 1. The van der Waals surface area contributed by atoms with Gasteiger partial charge >= 0.3 is 0 Å². The fourth-order valence-corrected chi connectivity index (χ4v) is 3.94. The van der Waals surface area contributed by atoms with E-state index in [4.69, 9.17) is 0 Å². The molecule has 1 aromatic rings. The molecule has 0 N–H and O–H groups in total. The number of hydrazone groups is 1. The Kier molecular flexibility index (Phi) is 3.45. The predicted molar refractivity (Wildman–Crippen MR) is 79.9 cm³/mol. The highest BCUT2D eigenvalue weighted by atomic mass is 79.9. The molecule has 2 aliphatic rings. The van der Waals surface area contributed by atoms with E-state index in [0.717, 1.165) is 10.0 Å². The Balaban J connectivity index is 1.72. The maximum atomic E-state index is 11.4. The summed E-state index contributed by atoms with van der Waals surface area (Å²) in [5.74, 6) is 0.580. The van der Waals surface area contributed by atoms with E-state index in [-0.39, 0.29) is 10.6 Å². The molecule has 1 fully saturated rings. The third kappa shape index (κ3) is 2.48. The van der Waals surface area contributed by atoms with E-state index in [1.807, 2.05) is 24.3 Å². The first kappa shape index (κ1) is 12.3. The van der Waals surface area contributed by atoms with Crippen LogP contribution in [0.2, 0.25) is 0 Å². The number of hydrogen-bond donors (Lipinski definition) is 0. The molecule has 1 amide bonds. The van der Waals surface area contributed by atoms with E-state index in [1.54, 1.807) is 18.0 Å². The van der Waals surface area contributed by atoms with Crippen molar-refractivity contribution < 1.29 is 4.79 Å². The Morgan fingerprint density at radius 3 is 2.94 bits per heavy atom. The molecule has 0 aromatic heterocycles. The predicted octanol–water partition coefficient (Wildman–Crippen LogP) is 2.74. The molecule has 92 valence electrons. The van der Waals surface area contributed by atoms with Crippen molar-refractivity contribution >= 4 is 56.7 Å². The molecule has 0 aliphatic carbocycles. The molecule has 18 heavy (non-hydrogen) atoms. The highest BCUT2D eigenvalue weighted by Crippen LogP contribution is 2.39. The second-order valence-electron chi connectivity index (χ2n) is 3.67. The summed E-state index contributed by atoms with van der Waals surface area (Å²) < 4.78 is 1.12. The minimum Gasteiger partial charge on any atom is -0.272 e. The lowest BCUT2D eigenvalue weighted by Gasteiger charge is -2.06. The van der Waals surface area contributed by atoms with Crippen LogP contribution in [0.3, 0.4) is 0 Å². The molecule has 2 heterocycles. The van der Waals surface area contributed by atoms with E-state index < -0.39 is 0 Å². The summed E-state index contributed by atoms with van der Waals surface area (Å²) in [5.41, 5.74) is 1.01. The zero-order chi connectivity index (χ0) is 12.5. The highest BCUT2D eigenvalue weighted by Gasteiger charge is 2.38. The third-order valence-corrected chi connectivity index (χ3v) is 5.32. The molecule has 0 bridgehead atoms. The number of hydrogen-bond acceptors (Lipinski definition) is 5. The Hall–Kier alpha value is -0.790.